The Balaban J connectivity index is 1.90. The van der Waals surface area contributed by atoms with Crippen LogP contribution in [-0.4, -0.2) is 34.2 Å². The number of sulfonamides is 2. The number of anilines is 1. The molecule has 1 heterocycles. The lowest BCUT2D eigenvalue weighted by molar-refractivity contribution is 0.477. The number of nitrogens with one attached hydrogen (secondary N) is 1. The molecule has 28 heavy (non-hydrogen) atoms. The van der Waals surface area contributed by atoms with Crippen molar-refractivity contribution in [3.05, 3.63) is 53.1 Å². The van der Waals surface area contributed by atoms with Crippen LogP contribution >= 0.6 is 11.6 Å². The summed E-state index contributed by atoms with van der Waals surface area (Å²) in [4.78, 5) is 0.0159. The van der Waals surface area contributed by atoms with Gasteiger partial charge in [0.05, 0.1) is 15.6 Å². The molecule has 0 saturated carbocycles. The van der Waals surface area contributed by atoms with Gasteiger partial charge in [-0.2, -0.15) is 4.31 Å². The Labute approximate surface area is 171 Å². The largest absolute Gasteiger partial charge is 0.280 e. The van der Waals surface area contributed by atoms with Crippen LogP contribution in [0, 0.1) is 0 Å². The predicted octanol–water partition coefficient (Wildman–Crippen LogP) is 4.05. The standard InChI is InChI=1S/C19H23ClN2O4S2/c1-14(2)15-5-8-17(9-6-15)27(23,24)21-16-7-10-18(20)19(13-16)28(25,26)22-11-3-4-12-22/h5-10,13-14,21H,3-4,11-12H2,1-2H3. The quantitative estimate of drug-likeness (QED) is 0.731. The van der Waals surface area contributed by atoms with Gasteiger partial charge in [0.2, 0.25) is 10.0 Å². The van der Waals surface area contributed by atoms with E-state index in [1.54, 1.807) is 12.1 Å². The van der Waals surface area contributed by atoms with Gasteiger partial charge in [0, 0.05) is 13.1 Å². The minimum atomic E-state index is -3.85. The minimum absolute atomic E-state index is 0.0659. The van der Waals surface area contributed by atoms with Crippen LogP contribution in [0.25, 0.3) is 0 Å². The van der Waals surface area contributed by atoms with E-state index in [1.165, 1.54) is 34.6 Å². The van der Waals surface area contributed by atoms with Crippen molar-refractivity contribution in [2.75, 3.05) is 17.8 Å². The van der Waals surface area contributed by atoms with E-state index in [9.17, 15) is 16.8 Å². The molecular formula is C19H23ClN2O4S2. The SMILES string of the molecule is CC(C)c1ccc(S(=O)(=O)Nc2ccc(Cl)c(S(=O)(=O)N3CCCC3)c2)cc1. The fraction of sp³-hybridized carbons (Fsp3) is 0.368. The van der Waals surface area contributed by atoms with Crippen LogP contribution in [0.5, 0.6) is 0 Å². The van der Waals surface area contributed by atoms with Gasteiger partial charge in [-0.1, -0.05) is 37.6 Å². The second-order valence-corrected chi connectivity index (χ2v) is 11.1. The van der Waals surface area contributed by atoms with Crippen molar-refractivity contribution in [2.45, 2.75) is 42.4 Å². The molecule has 1 aliphatic rings. The van der Waals surface area contributed by atoms with Crippen LogP contribution in [0.1, 0.15) is 38.2 Å². The molecule has 0 atom stereocenters. The van der Waals surface area contributed by atoms with E-state index in [0.717, 1.165) is 18.4 Å². The Kier molecular flexibility index (Phi) is 6.05. The summed E-state index contributed by atoms with van der Waals surface area (Å²) >= 11 is 6.11. The van der Waals surface area contributed by atoms with E-state index in [2.05, 4.69) is 4.72 Å². The first-order valence-corrected chi connectivity index (χ1v) is 12.3. The third-order valence-corrected chi connectivity index (χ3v) is 8.50. The normalized spacial score (nSPS) is 15.9. The Morgan fingerprint density at radius 3 is 2.14 bits per heavy atom. The number of rotatable bonds is 6. The zero-order chi connectivity index (χ0) is 20.5. The van der Waals surface area contributed by atoms with Crippen LogP contribution in [0.3, 0.4) is 0 Å². The van der Waals surface area contributed by atoms with Crippen LogP contribution in [0.4, 0.5) is 5.69 Å². The summed E-state index contributed by atoms with van der Waals surface area (Å²) < 4.78 is 54.8. The first kappa shape index (κ1) is 21.1. The molecule has 1 fully saturated rings. The van der Waals surface area contributed by atoms with Gasteiger partial charge in [-0.25, -0.2) is 16.8 Å². The number of nitrogens with zero attached hydrogens (tertiary/aromatic N) is 1. The first-order valence-electron chi connectivity index (χ1n) is 9.04. The van der Waals surface area contributed by atoms with Crippen molar-refractivity contribution >= 4 is 37.3 Å². The van der Waals surface area contributed by atoms with Gasteiger partial charge < -0.3 is 0 Å². The molecular weight excluding hydrogens is 420 g/mol. The summed E-state index contributed by atoms with van der Waals surface area (Å²) in [6, 6.07) is 10.7. The summed E-state index contributed by atoms with van der Waals surface area (Å²) in [6.45, 7) is 4.93. The van der Waals surface area contributed by atoms with Gasteiger partial charge >= 0.3 is 0 Å². The molecule has 0 bridgehead atoms. The maximum atomic E-state index is 12.8. The lowest BCUT2D eigenvalue weighted by Crippen LogP contribution is -2.28. The Morgan fingerprint density at radius 1 is 0.964 bits per heavy atom. The average Bonchev–Trinajstić information content (AvgIpc) is 3.18. The zero-order valence-corrected chi connectivity index (χ0v) is 18.1. The van der Waals surface area contributed by atoms with Crippen molar-refractivity contribution < 1.29 is 16.8 Å². The first-order chi connectivity index (χ1) is 13.1. The van der Waals surface area contributed by atoms with Crippen molar-refractivity contribution in [2.24, 2.45) is 0 Å². The third kappa shape index (κ3) is 4.35. The molecule has 0 aliphatic carbocycles. The van der Waals surface area contributed by atoms with Gasteiger partial charge in [0.1, 0.15) is 4.90 Å². The topological polar surface area (TPSA) is 83.5 Å². The molecule has 6 nitrogen and oxygen atoms in total. The average molecular weight is 443 g/mol. The van der Waals surface area contributed by atoms with Crippen LogP contribution in [0.15, 0.2) is 52.3 Å². The molecule has 2 aromatic carbocycles. The number of hydrogen-bond donors (Lipinski definition) is 1. The van der Waals surface area contributed by atoms with Gasteiger partial charge in [0.25, 0.3) is 10.0 Å². The molecule has 2 aromatic rings. The highest BCUT2D eigenvalue weighted by atomic mass is 35.5. The van der Waals surface area contributed by atoms with Gasteiger partial charge in [-0.05, 0) is 54.7 Å². The molecule has 1 aliphatic heterocycles. The number of hydrogen-bond acceptors (Lipinski definition) is 4. The predicted molar refractivity (Wildman–Crippen MR) is 111 cm³/mol. The van der Waals surface area contributed by atoms with Crippen molar-refractivity contribution in [1.29, 1.82) is 0 Å². The van der Waals surface area contributed by atoms with E-state index < -0.39 is 20.0 Å². The van der Waals surface area contributed by atoms with Gasteiger partial charge in [-0.15, -0.1) is 0 Å². The van der Waals surface area contributed by atoms with Gasteiger partial charge in [-0.3, -0.25) is 4.72 Å². The lowest BCUT2D eigenvalue weighted by Gasteiger charge is -2.17. The monoisotopic (exact) mass is 442 g/mol. The summed E-state index contributed by atoms with van der Waals surface area (Å²) in [5, 5.41) is 0.0659. The molecule has 0 spiro atoms. The summed E-state index contributed by atoms with van der Waals surface area (Å²) in [5.41, 5.74) is 1.18. The maximum Gasteiger partial charge on any atom is 0.261 e. The van der Waals surface area contributed by atoms with E-state index in [-0.39, 0.29) is 20.5 Å². The zero-order valence-electron chi connectivity index (χ0n) is 15.7. The summed E-state index contributed by atoms with van der Waals surface area (Å²) in [5.74, 6) is 0.291. The maximum absolute atomic E-state index is 12.8. The van der Waals surface area contributed by atoms with E-state index in [0.29, 0.717) is 19.0 Å². The second kappa shape index (κ2) is 8.02. The number of halogens is 1. The second-order valence-electron chi connectivity index (χ2n) is 7.09. The Hall–Kier alpha value is -1.61. The number of benzene rings is 2. The van der Waals surface area contributed by atoms with Crippen LogP contribution in [-0.2, 0) is 20.0 Å². The summed E-state index contributed by atoms with van der Waals surface area (Å²) in [7, 11) is -7.61. The molecule has 0 aromatic heterocycles. The highest BCUT2D eigenvalue weighted by Crippen LogP contribution is 2.30. The smallest absolute Gasteiger partial charge is 0.261 e. The van der Waals surface area contributed by atoms with Crippen molar-refractivity contribution in [1.82, 2.24) is 4.31 Å². The van der Waals surface area contributed by atoms with Crippen LogP contribution in [0.2, 0.25) is 5.02 Å². The van der Waals surface area contributed by atoms with E-state index >= 15 is 0 Å². The molecule has 0 unspecified atom stereocenters. The molecule has 1 N–H and O–H groups in total. The fourth-order valence-electron chi connectivity index (χ4n) is 3.08. The summed E-state index contributed by atoms with van der Waals surface area (Å²) in [6.07, 6.45) is 1.60. The van der Waals surface area contributed by atoms with E-state index in [1.807, 2.05) is 13.8 Å². The minimum Gasteiger partial charge on any atom is -0.280 e. The highest BCUT2D eigenvalue weighted by molar-refractivity contribution is 7.92. The van der Waals surface area contributed by atoms with Crippen molar-refractivity contribution in [3.63, 3.8) is 0 Å². The third-order valence-electron chi connectivity index (χ3n) is 4.72. The lowest BCUT2D eigenvalue weighted by atomic mass is 10.0. The molecule has 9 heteroatoms. The molecule has 1 saturated heterocycles. The molecule has 0 amide bonds. The fourth-order valence-corrected chi connectivity index (χ4v) is 6.15. The van der Waals surface area contributed by atoms with E-state index in [4.69, 9.17) is 11.6 Å². The molecule has 3 rings (SSSR count). The van der Waals surface area contributed by atoms with Crippen molar-refractivity contribution in [3.8, 4) is 0 Å². The molecule has 0 radical (unpaired) electrons. The highest BCUT2D eigenvalue weighted by Gasteiger charge is 2.29. The Morgan fingerprint density at radius 2 is 1.57 bits per heavy atom. The Bertz CT molecular complexity index is 1060. The van der Waals surface area contributed by atoms with Crippen LogP contribution < -0.4 is 4.72 Å². The molecule has 152 valence electrons. The van der Waals surface area contributed by atoms with Gasteiger partial charge in [0.15, 0.2) is 0 Å².